The number of hydrogen-bond acceptors (Lipinski definition) is 3. The summed E-state index contributed by atoms with van der Waals surface area (Å²) in [6.07, 6.45) is 7.25. The molecule has 1 fully saturated rings. The van der Waals surface area contributed by atoms with E-state index in [4.69, 9.17) is 10.5 Å². The van der Waals surface area contributed by atoms with Gasteiger partial charge in [0.2, 0.25) is 5.91 Å². The number of rotatable bonds is 5. The number of hydrogen-bond donors (Lipinski definition) is 1. The molecule has 0 atom stereocenters. The molecule has 1 aromatic rings. The summed E-state index contributed by atoms with van der Waals surface area (Å²) in [5.41, 5.74) is 7.35. The molecule has 2 N–H and O–H groups in total. The van der Waals surface area contributed by atoms with Gasteiger partial charge in [0.05, 0.1) is 5.69 Å². The van der Waals surface area contributed by atoms with Gasteiger partial charge < -0.3 is 15.4 Å². The molecule has 0 radical (unpaired) electrons. The number of benzene rings is 1. The van der Waals surface area contributed by atoms with E-state index in [2.05, 4.69) is 6.58 Å². The zero-order chi connectivity index (χ0) is 14.4. The average molecular weight is 272 g/mol. The lowest BCUT2D eigenvalue weighted by molar-refractivity contribution is -0.124. The molecule has 2 rings (SSSR count). The summed E-state index contributed by atoms with van der Waals surface area (Å²) in [5, 5.41) is 0. The first-order valence-corrected chi connectivity index (χ1v) is 6.81. The third-order valence-electron chi connectivity index (χ3n) is 3.23. The van der Waals surface area contributed by atoms with Crippen LogP contribution < -0.4 is 10.5 Å². The molecule has 0 unspecified atom stereocenters. The maximum absolute atomic E-state index is 11.9. The van der Waals surface area contributed by atoms with E-state index in [0.29, 0.717) is 18.0 Å². The predicted octanol–water partition coefficient (Wildman–Crippen LogP) is 2.47. The molecule has 1 aromatic carbocycles. The molecular weight excluding hydrogens is 252 g/mol. The van der Waals surface area contributed by atoms with E-state index in [1.807, 2.05) is 11.0 Å². The van der Waals surface area contributed by atoms with Gasteiger partial charge in [-0.3, -0.25) is 4.79 Å². The fourth-order valence-corrected chi connectivity index (χ4v) is 2.16. The number of anilines is 1. The molecule has 0 saturated carbocycles. The lowest BCUT2D eigenvalue weighted by atomic mass is 10.1. The molecule has 1 aliphatic rings. The third-order valence-corrected chi connectivity index (χ3v) is 3.23. The van der Waals surface area contributed by atoms with Gasteiger partial charge in [0, 0.05) is 19.2 Å². The van der Waals surface area contributed by atoms with Crippen molar-refractivity contribution in [3.05, 3.63) is 42.5 Å². The van der Waals surface area contributed by atoms with Crippen LogP contribution in [0, 0.1) is 0 Å². The number of carbonyl (C=O) groups is 1. The fourth-order valence-electron chi connectivity index (χ4n) is 2.16. The zero-order valence-electron chi connectivity index (χ0n) is 11.5. The van der Waals surface area contributed by atoms with Gasteiger partial charge >= 0.3 is 0 Å². The van der Waals surface area contributed by atoms with Crippen LogP contribution in [0.5, 0.6) is 5.75 Å². The van der Waals surface area contributed by atoms with Gasteiger partial charge in [-0.1, -0.05) is 18.7 Å². The molecule has 4 nitrogen and oxygen atoms in total. The normalized spacial score (nSPS) is 14.7. The smallest absolute Gasteiger partial charge is 0.246 e. The highest BCUT2D eigenvalue weighted by molar-refractivity contribution is 5.92. The Hall–Kier alpha value is -2.23. The van der Waals surface area contributed by atoms with Crippen molar-refractivity contribution in [1.29, 1.82) is 0 Å². The molecular formula is C16H20N2O2. The van der Waals surface area contributed by atoms with Crippen molar-refractivity contribution in [2.75, 3.05) is 25.4 Å². The first-order valence-electron chi connectivity index (χ1n) is 6.81. The van der Waals surface area contributed by atoms with Crippen LogP contribution in [0.4, 0.5) is 5.69 Å². The van der Waals surface area contributed by atoms with Crippen LogP contribution in [-0.2, 0) is 4.79 Å². The molecule has 106 valence electrons. The Balaban J connectivity index is 2.00. The number of nitrogens with two attached hydrogens (primary N) is 1. The molecule has 4 heteroatoms. The molecule has 1 amide bonds. The number of amides is 1. The molecule has 1 heterocycles. The maximum Gasteiger partial charge on any atom is 0.246 e. The number of likely N-dealkylation sites (tertiary alicyclic amines) is 1. The number of carbonyl (C=O) groups excluding carboxylic acids is 1. The second kappa shape index (κ2) is 6.80. The lowest BCUT2D eigenvalue weighted by Gasteiger charge is -2.11. The Morgan fingerprint density at radius 2 is 2.15 bits per heavy atom. The SMILES string of the molecule is C=CCOc1ccc(/C=C\C(=O)N2CCCC2)cc1N. The van der Waals surface area contributed by atoms with E-state index in [0.717, 1.165) is 31.5 Å². The minimum absolute atomic E-state index is 0.0630. The van der Waals surface area contributed by atoms with Gasteiger partial charge in [-0.25, -0.2) is 0 Å². The van der Waals surface area contributed by atoms with Crippen molar-refractivity contribution in [1.82, 2.24) is 4.90 Å². The van der Waals surface area contributed by atoms with Crippen molar-refractivity contribution >= 4 is 17.7 Å². The number of nitrogen functional groups attached to an aromatic ring is 1. The van der Waals surface area contributed by atoms with E-state index in [9.17, 15) is 4.79 Å². The quantitative estimate of drug-likeness (QED) is 0.509. The summed E-state index contributed by atoms with van der Waals surface area (Å²) in [6, 6.07) is 5.48. The van der Waals surface area contributed by atoms with Gasteiger partial charge in [0.1, 0.15) is 12.4 Å². The fraction of sp³-hybridized carbons (Fsp3) is 0.312. The maximum atomic E-state index is 11.9. The van der Waals surface area contributed by atoms with E-state index >= 15 is 0 Å². The first-order chi connectivity index (χ1) is 9.70. The highest BCUT2D eigenvalue weighted by atomic mass is 16.5. The van der Waals surface area contributed by atoms with E-state index in [-0.39, 0.29) is 5.91 Å². The average Bonchev–Trinajstić information content (AvgIpc) is 2.98. The van der Waals surface area contributed by atoms with Crippen molar-refractivity contribution < 1.29 is 9.53 Å². The Bertz CT molecular complexity index is 517. The number of ether oxygens (including phenoxy) is 1. The zero-order valence-corrected chi connectivity index (χ0v) is 11.5. The van der Waals surface area contributed by atoms with Crippen LogP contribution in [0.25, 0.3) is 6.08 Å². The standard InChI is InChI=1S/C16H20N2O2/c1-2-11-20-15-7-5-13(12-14(15)17)6-8-16(19)18-9-3-4-10-18/h2,5-8,12H,1,3-4,9-11,17H2/b8-6-. The summed E-state index contributed by atoms with van der Waals surface area (Å²) in [6.45, 7) is 5.74. The molecule has 0 aromatic heterocycles. The van der Waals surface area contributed by atoms with Crippen molar-refractivity contribution in [2.45, 2.75) is 12.8 Å². The third kappa shape index (κ3) is 3.63. The second-order valence-corrected chi connectivity index (χ2v) is 4.76. The molecule has 1 saturated heterocycles. The Kier molecular flexibility index (Phi) is 4.82. The van der Waals surface area contributed by atoms with Crippen LogP contribution in [0.15, 0.2) is 36.9 Å². The highest BCUT2D eigenvalue weighted by Gasteiger charge is 2.14. The van der Waals surface area contributed by atoms with Crippen molar-refractivity contribution in [3.8, 4) is 5.75 Å². The summed E-state index contributed by atoms with van der Waals surface area (Å²) < 4.78 is 5.41. The summed E-state index contributed by atoms with van der Waals surface area (Å²) in [4.78, 5) is 13.7. The number of nitrogens with zero attached hydrogens (tertiary/aromatic N) is 1. The monoisotopic (exact) mass is 272 g/mol. The van der Waals surface area contributed by atoms with E-state index < -0.39 is 0 Å². The molecule has 0 aliphatic carbocycles. The van der Waals surface area contributed by atoms with Gasteiger partial charge in [-0.05, 0) is 36.6 Å². The minimum Gasteiger partial charge on any atom is -0.487 e. The second-order valence-electron chi connectivity index (χ2n) is 4.76. The Morgan fingerprint density at radius 1 is 1.40 bits per heavy atom. The molecule has 20 heavy (non-hydrogen) atoms. The lowest BCUT2D eigenvalue weighted by Crippen LogP contribution is -2.25. The van der Waals surface area contributed by atoms with E-state index in [1.165, 1.54) is 0 Å². The largest absolute Gasteiger partial charge is 0.487 e. The molecule has 1 aliphatic heterocycles. The van der Waals surface area contributed by atoms with Gasteiger partial charge in [0.25, 0.3) is 0 Å². The summed E-state index contributed by atoms with van der Waals surface area (Å²) in [5.74, 6) is 0.695. The van der Waals surface area contributed by atoms with Crippen molar-refractivity contribution in [3.63, 3.8) is 0 Å². The van der Waals surface area contributed by atoms with Gasteiger partial charge in [-0.15, -0.1) is 0 Å². The van der Waals surface area contributed by atoms with Crippen LogP contribution in [0.3, 0.4) is 0 Å². The van der Waals surface area contributed by atoms with Crippen LogP contribution >= 0.6 is 0 Å². The highest BCUT2D eigenvalue weighted by Crippen LogP contribution is 2.23. The van der Waals surface area contributed by atoms with E-state index in [1.54, 1.807) is 30.4 Å². The minimum atomic E-state index is 0.0630. The van der Waals surface area contributed by atoms with Crippen LogP contribution in [0.2, 0.25) is 0 Å². The predicted molar refractivity (Wildman–Crippen MR) is 81.4 cm³/mol. The Labute approximate surface area is 119 Å². The van der Waals surface area contributed by atoms with Crippen LogP contribution in [-0.4, -0.2) is 30.5 Å². The van der Waals surface area contributed by atoms with Gasteiger partial charge in [0.15, 0.2) is 0 Å². The Morgan fingerprint density at radius 3 is 2.80 bits per heavy atom. The molecule has 0 bridgehead atoms. The first kappa shape index (κ1) is 14.2. The summed E-state index contributed by atoms with van der Waals surface area (Å²) >= 11 is 0. The van der Waals surface area contributed by atoms with Gasteiger partial charge in [-0.2, -0.15) is 0 Å². The topological polar surface area (TPSA) is 55.6 Å². The van der Waals surface area contributed by atoms with Crippen LogP contribution in [0.1, 0.15) is 18.4 Å². The van der Waals surface area contributed by atoms with Crippen molar-refractivity contribution in [2.24, 2.45) is 0 Å². The molecule has 0 spiro atoms. The summed E-state index contributed by atoms with van der Waals surface area (Å²) in [7, 11) is 0.